The van der Waals surface area contributed by atoms with E-state index in [-0.39, 0.29) is 29.7 Å². The second-order valence-corrected chi connectivity index (χ2v) is 5.83. The minimum Gasteiger partial charge on any atom is -0.383 e. The maximum Gasteiger partial charge on any atom is 0.261 e. The van der Waals surface area contributed by atoms with Gasteiger partial charge in [-0.1, -0.05) is 12.1 Å². The maximum atomic E-state index is 12.4. The first-order valence-electron chi connectivity index (χ1n) is 7.78. The SMILES string of the molecule is Nc1nc(CCN2C(=O)c3ccccc3C2=O)cc2cc[nH]c(=O)c12. The van der Waals surface area contributed by atoms with Crippen molar-refractivity contribution in [1.29, 1.82) is 0 Å². The number of imide groups is 1. The largest absolute Gasteiger partial charge is 0.383 e. The zero-order valence-corrected chi connectivity index (χ0v) is 13.2. The first-order chi connectivity index (χ1) is 12.1. The van der Waals surface area contributed by atoms with E-state index in [9.17, 15) is 14.4 Å². The number of carbonyl (C=O) groups is 2. The number of nitrogen functional groups attached to an aromatic ring is 1. The number of amides is 2. The number of anilines is 1. The van der Waals surface area contributed by atoms with Crippen molar-refractivity contribution >= 4 is 28.4 Å². The fourth-order valence-electron chi connectivity index (χ4n) is 3.10. The van der Waals surface area contributed by atoms with E-state index in [0.29, 0.717) is 34.0 Å². The summed E-state index contributed by atoms with van der Waals surface area (Å²) in [4.78, 5) is 44.6. The Balaban J connectivity index is 1.61. The molecule has 124 valence electrons. The molecule has 0 saturated carbocycles. The van der Waals surface area contributed by atoms with Gasteiger partial charge in [-0.3, -0.25) is 19.3 Å². The number of pyridine rings is 2. The molecule has 1 aliphatic rings. The summed E-state index contributed by atoms with van der Waals surface area (Å²) in [5.74, 6) is -0.465. The van der Waals surface area contributed by atoms with Crippen molar-refractivity contribution < 1.29 is 9.59 Å². The normalized spacial score (nSPS) is 13.5. The van der Waals surface area contributed by atoms with Crippen LogP contribution in [0, 0.1) is 0 Å². The van der Waals surface area contributed by atoms with Crippen molar-refractivity contribution in [3.8, 4) is 0 Å². The first-order valence-corrected chi connectivity index (χ1v) is 7.78. The molecule has 0 fully saturated rings. The van der Waals surface area contributed by atoms with Crippen LogP contribution in [-0.2, 0) is 6.42 Å². The van der Waals surface area contributed by atoms with Crippen molar-refractivity contribution in [2.24, 2.45) is 0 Å². The van der Waals surface area contributed by atoms with E-state index in [1.807, 2.05) is 0 Å². The van der Waals surface area contributed by atoms with Gasteiger partial charge in [0.25, 0.3) is 17.4 Å². The van der Waals surface area contributed by atoms with Crippen molar-refractivity contribution in [3.63, 3.8) is 0 Å². The van der Waals surface area contributed by atoms with Crippen LogP contribution >= 0.6 is 0 Å². The molecule has 0 spiro atoms. The number of nitrogens with zero attached hydrogens (tertiary/aromatic N) is 2. The molecule has 4 rings (SSSR count). The van der Waals surface area contributed by atoms with Gasteiger partial charge < -0.3 is 10.7 Å². The van der Waals surface area contributed by atoms with Gasteiger partial charge in [0, 0.05) is 24.9 Å². The molecule has 7 heteroatoms. The number of H-pyrrole nitrogens is 1. The third-order valence-electron chi connectivity index (χ3n) is 4.31. The Morgan fingerprint density at radius 2 is 1.72 bits per heavy atom. The topological polar surface area (TPSA) is 109 Å². The predicted octanol–water partition coefficient (Wildman–Crippen LogP) is 1.34. The van der Waals surface area contributed by atoms with Gasteiger partial charge in [-0.05, 0) is 29.7 Å². The first kappa shape index (κ1) is 15.1. The number of nitrogens with one attached hydrogen (secondary N) is 1. The Morgan fingerprint density at radius 1 is 1.04 bits per heavy atom. The smallest absolute Gasteiger partial charge is 0.261 e. The minimum atomic E-state index is -0.300. The highest BCUT2D eigenvalue weighted by Gasteiger charge is 2.34. The molecule has 3 heterocycles. The van der Waals surface area contributed by atoms with Crippen LogP contribution in [0.3, 0.4) is 0 Å². The van der Waals surface area contributed by atoms with Crippen LogP contribution in [-0.4, -0.2) is 33.2 Å². The van der Waals surface area contributed by atoms with E-state index in [4.69, 9.17) is 5.73 Å². The van der Waals surface area contributed by atoms with Crippen LogP contribution in [0.15, 0.2) is 47.4 Å². The second-order valence-electron chi connectivity index (χ2n) is 5.83. The lowest BCUT2D eigenvalue weighted by molar-refractivity contribution is 0.0656. The monoisotopic (exact) mass is 334 g/mol. The van der Waals surface area contributed by atoms with E-state index in [2.05, 4.69) is 9.97 Å². The summed E-state index contributed by atoms with van der Waals surface area (Å²) >= 11 is 0. The lowest BCUT2D eigenvalue weighted by Gasteiger charge is -2.13. The Hall–Kier alpha value is -3.48. The van der Waals surface area contributed by atoms with Gasteiger partial charge in [-0.2, -0.15) is 0 Å². The molecular formula is C18H14N4O3. The van der Waals surface area contributed by atoms with Crippen molar-refractivity contribution in [2.45, 2.75) is 6.42 Å². The molecule has 1 aliphatic heterocycles. The summed E-state index contributed by atoms with van der Waals surface area (Å²) in [6, 6.07) is 10.2. The molecular weight excluding hydrogens is 320 g/mol. The van der Waals surface area contributed by atoms with E-state index >= 15 is 0 Å². The van der Waals surface area contributed by atoms with Gasteiger partial charge in [0.2, 0.25) is 0 Å². The summed E-state index contributed by atoms with van der Waals surface area (Å²) in [6.45, 7) is 0.202. The van der Waals surface area contributed by atoms with E-state index in [1.165, 1.54) is 11.1 Å². The fraction of sp³-hybridized carbons (Fsp3) is 0.111. The van der Waals surface area contributed by atoms with Crippen LogP contribution < -0.4 is 11.3 Å². The average molecular weight is 334 g/mol. The Morgan fingerprint density at radius 3 is 2.40 bits per heavy atom. The quantitative estimate of drug-likeness (QED) is 0.703. The molecule has 0 bridgehead atoms. The van der Waals surface area contributed by atoms with Crippen molar-refractivity contribution in [3.05, 3.63) is 69.8 Å². The molecule has 0 radical (unpaired) electrons. The summed E-state index contributed by atoms with van der Waals surface area (Å²) in [6.07, 6.45) is 1.90. The zero-order chi connectivity index (χ0) is 17.6. The van der Waals surface area contributed by atoms with Crippen LogP contribution in [0.1, 0.15) is 26.4 Å². The van der Waals surface area contributed by atoms with Gasteiger partial charge >= 0.3 is 0 Å². The molecule has 2 aromatic heterocycles. The number of benzene rings is 1. The van der Waals surface area contributed by atoms with Gasteiger partial charge in [0.1, 0.15) is 5.82 Å². The van der Waals surface area contributed by atoms with Gasteiger partial charge in [0.05, 0.1) is 16.5 Å². The highest BCUT2D eigenvalue weighted by atomic mass is 16.2. The molecule has 0 unspecified atom stereocenters. The number of aromatic amines is 1. The standard InChI is InChI=1S/C18H14N4O3/c19-15-14-10(5-7-20-16(14)23)9-11(21-15)6-8-22-17(24)12-3-1-2-4-13(12)18(22)25/h1-5,7,9H,6,8H2,(H2,19,21)(H,20,23). The van der Waals surface area contributed by atoms with Gasteiger partial charge in [0.15, 0.2) is 0 Å². The van der Waals surface area contributed by atoms with Crippen LogP contribution in [0.25, 0.3) is 10.8 Å². The number of carbonyl (C=O) groups excluding carboxylic acids is 2. The highest BCUT2D eigenvalue weighted by molar-refractivity contribution is 6.21. The molecule has 0 atom stereocenters. The molecule has 3 aromatic rings. The van der Waals surface area contributed by atoms with Crippen LogP contribution in [0.2, 0.25) is 0 Å². The Labute approximate surface area is 142 Å². The van der Waals surface area contributed by atoms with E-state index < -0.39 is 0 Å². The summed E-state index contributed by atoms with van der Waals surface area (Å²) in [5, 5.41) is 1.01. The average Bonchev–Trinajstić information content (AvgIpc) is 2.84. The molecule has 3 N–H and O–H groups in total. The summed E-state index contributed by atoms with van der Waals surface area (Å²) in [5.41, 5.74) is 7.05. The number of rotatable bonds is 3. The zero-order valence-electron chi connectivity index (χ0n) is 13.2. The van der Waals surface area contributed by atoms with E-state index in [0.717, 1.165) is 0 Å². The maximum absolute atomic E-state index is 12.4. The lowest BCUT2D eigenvalue weighted by atomic mass is 10.1. The van der Waals surface area contributed by atoms with E-state index in [1.54, 1.807) is 36.4 Å². The second kappa shape index (κ2) is 5.55. The lowest BCUT2D eigenvalue weighted by Crippen LogP contribution is -2.32. The van der Waals surface area contributed by atoms with Crippen LogP contribution in [0.5, 0.6) is 0 Å². The molecule has 1 aromatic carbocycles. The third-order valence-corrected chi connectivity index (χ3v) is 4.31. The highest BCUT2D eigenvalue weighted by Crippen LogP contribution is 2.23. The number of hydrogen-bond acceptors (Lipinski definition) is 5. The number of hydrogen-bond donors (Lipinski definition) is 2. The van der Waals surface area contributed by atoms with Gasteiger partial charge in [-0.15, -0.1) is 0 Å². The fourth-order valence-corrected chi connectivity index (χ4v) is 3.10. The summed E-state index contributed by atoms with van der Waals surface area (Å²) < 4.78 is 0. The molecule has 0 aliphatic carbocycles. The third kappa shape index (κ3) is 2.37. The minimum absolute atomic E-state index is 0.136. The molecule has 0 saturated heterocycles. The number of aromatic nitrogens is 2. The number of nitrogens with two attached hydrogens (primary N) is 1. The molecule has 25 heavy (non-hydrogen) atoms. The Bertz CT molecular complexity index is 1050. The summed E-state index contributed by atoms with van der Waals surface area (Å²) in [7, 11) is 0. The number of fused-ring (bicyclic) bond motifs is 2. The Kier molecular flexibility index (Phi) is 3.35. The molecule has 2 amide bonds. The van der Waals surface area contributed by atoms with Crippen molar-refractivity contribution in [2.75, 3.05) is 12.3 Å². The molecule has 7 nitrogen and oxygen atoms in total. The van der Waals surface area contributed by atoms with Gasteiger partial charge in [-0.25, -0.2) is 4.98 Å². The van der Waals surface area contributed by atoms with Crippen LogP contribution in [0.4, 0.5) is 5.82 Å². The predicted molar refractivity (Wildman–Crippen MR) is 92.3 cm³/mol. The van der Waals surface area contributed by atoms with Crippen molar-refractivity contribution in [1.82, 2.24) is 14.9 Å².